The number of halogens is 1. The van der Waals surface area contributed by atoms with Crippen molar-refractivity contribution in [1.29, 1.82) is 0 Å². The Balaban J connectivity index is 2.97. The molecule has 10 heteroatoms. The number of nitro benzene ring substituents is 1. The van der Waals surface area contributed by atoms with Crippen molar-refractivity contribution in [2.75, 3.05) is 10.5 Å². The SMILES string of the molecule is O=C(O)CS(=O)(=O)Nc1ccc([N+](=O)[O-])c(F)c1. The van der Waals surface area contributed by atoms with Crippen molar-refractivity contribution in [2.45, 2.75) is 0 Å². The molecule has 0 atom stereocenters. The van der Waals surface area contributed by atoms with Gasteiger partial charge in [-0.1, -0.05) is 0 Å². The molecule has 0 unspecified atom stereocenters. The first-order valence-corrected chi connectivity index (χ1v) is 6.03. The van der Waals surface area contributed by atoms with E-state index in [4.69, 9.17) is 5.11 Å². The van der Waals surface area contributed by atoms with E-state index in [1.807, 2.05) is 0 Å². The van der Waals surface area contributed by atoms with Gasteiger partial charge in [0, 0.05) is 12.1 Å². The molecule has 0 aliphatic carbocycles. The molecule has 1 rings (SSSR count). The zero-order valence-corrected chi connectivity index (χ0v) is 9.48. The second-order valence-electron chi connectivity index (χ2n) is 3.18. The minimum Gasteiger partial charge on any atom is -0.480 e. The van der Waals surface area contributed by atoms with Gasteiger partial charge in [0.2, 0.25) is 15.8 Å². The first kappa shape index (κ1) is 13.8. The van der Waals surface area contributed by atoms with Crippen molar-refractivity contribution in [3.63, 3.8) is 0 Å². The summed E-state index contributed by atoms with van der Waals surface area (Å²) in [5.74, 6) is -3.99. The number of nitrogens with zero attached hydrogens (tertiary/aromatic N) is 1. The largest absolute Gasteiger partial charge is 0.480 e. The van der Waals surface area contributed by atoms with Gasteiger partial charge in [-0.2, -0.15) is 4.39 Å². The maximum atomic E-state index is 13.1. The fourth-order valence-corrected chi connectivity index (χ4v) is 1.98. The van der Waals surface area contributed by atoms with E-state index in [9.17, 15) is 27.7 Å². The topological polar surface area (TPSA) is 127 Å². The summed E-state index contributed by atoms with van der Waals surface area (Å²) in [6.07, 6.45) is 0. The molecule has 0 saturated carbocycles. The van der Waals surface area contributed by atoms with Crippen LogP contribution in [-0.2, 0) is 14.8 Å². The smallest absolute Gasteiger partial charge is 0.320 e. The summed E-state index contributed by atoms with van der Waals surface area (Å²) in [5, 5.41) is 18.6. The molecule has 8 nitrogen and oxygen atoms in total. The minimum absolute atomic E-state index is 0.292. The Bertz CT molecular complexity index is 600. The van der Waals surface area contributed by atoms with Crippen LogP contribution in [0.4, 0.5) is 15.8 Å². The standard InChI is InChI=1S/C8H7FN2O6S/c9-6-3-5(1-2-7(6)11(14)15)10-18(16,17)4-8(12)13/h1-3,10H,4H2,(H,12,13). The lowest BCUT2D eigenvalue weighted by molar-refractivity contribution is -0.387. The lowest BCUT2D eigenvalue weighted by atomic mass is 10.3. The van der Waals surface area contributed by atoms with Crippen LogP contribution in [0.25, 0.3) is 0 Å². The van der Waals surface area contributed by atoms with Gasteiger partial charge in [0.05, 0.1) is 10.6 Å². The molecule has 0 aliphatic rings. The molecule has 2 N–H and O–H groups in total. The molecule has 0 aliphatic heterocycles. The highest BCUT2D eigenvalue weighted by molar-refractivity contribution is 7.93. The fourth-order valence-electron chi connectivity index (χ4n) is 1.10. The van der Waals surface area contributed by atoms with Gasteiger partial charge in [0.25, 0.3) is 0 Å². The molecule has 98 valence electrons. The van der Waals surface area contributed by atoms with Crippen LogP contribution in [0.2, 0.25) is 0 Å². The molecular formula is C8H7FN2O6S. The number of carbonyl (C=O) groups is 1. The van der Waals surface area contributed by atoms with Crippen LogP contribution in [0.15, 0.2) is 18.2 Å². The number of carboxylic acid groups (broad SMARTS) is 1. The van der Waals surface area contributed by atoms with Gasteiger partial charge in [-0.3, -0.25) is 19.6 Å². The highest BCUT2D eigenvalue weighted by Crippen LogP contribution is 2.21. The summed E-state index contributed by atoms with van der Waals surface area (Å²) < 4.78 is 37.3. The van der Waals surface area contributed by atoms with E-state index in [-0.39, 0.29) is 5.69 Å². The Morgan fingerprint density at radius 1 is 1.50 bits per heavy atom. The number of hydrogen-bond donors (Lipinski definition) is 2. The number of carboxylic acids is 1. The van der Waals surface area contributed by atoms with Crippen LogP contribution >= 0.6 is 0 Å². The van der Waals surface area contributed by atoms with Crippen LogP contribution in [0.1, 0.15) is 0 Å². The van der Waals surface area contributed by atoms with Crippen molar-refractivity contribution in [3.05, 3.63) is 34.1 Å². The number of anilines is 1. The number of hydrogen-bond acceptors (Lipinski definition) is 5. The van der Waals surface area contributed by atoms with Gasteiger partial charge < -0.3 is 5.11 Å². The van der Waals surface area contributed by atoms with E-state index in [0.717, 1.165) is 12.1 Å². The van der Waals surface area contributed by atoms with E-state index in [1.54, 1.807) is 4.72 Å². The summed E-state index contributed by atoms with van der Waals surface area (Å²) in [5.41, 5.74) is -1.10. The van der Waals surface area contributed by atoms with Crippen LogP contribution in [-0.4, -0.2) is 30.2 Å². The van der Waals surface area contributed by atoms with Gasteiger partial charge in [-0.25, -0.2) is 8.42 Å². The van der Waals surface area contributed by atoms with Gasteiger partial charge in [0.15, 0.2) is 5.75 Å². The summed E-state index contributed by atoms with van der Waals surface area (Å²) in [6, 6.07) is 2.33. The lowest BCUT2D eigenvalue weighted by Gasteiger charge is -2.05. The Hall–Kier alpha value is -2.23. The highest BCUT2D eigenvalue weighted by atomic mass is 32.2. The maximum Gasteiger partial charge on any atom is 0.320 e. The first-order valence-electron chi connectivity index (χ1n) is 4.37. The average Bonchev–Trinajstić information content (AvgIpc) is 2.13. The van der Waals surface area contributed by atoms with Crippen molar-refractivity contribution >= 4 is 27.4 Å². The predicted molar refractivity (Wildman–Crippen MR) is 58.1 cm³/mol. The Morgan fingerprint density at radius 3 is 2.56 bits per heavy atom. The summed E-state index contributed by atoms with van der Waals surface area (Å²) in [7, 11) is -4.17. The number of nitrogens with one attached hydrogen (secondary N) is 1. The molecule has 0 radical (unpaired) electrons. The van der Waals surface area contributed by atoms with E-state index in [2.05, 4.69) is 0 Å². The number of benzene rings is 1. The molecule has 0 aromatic heterocycles. The lowest BCUT2D eigenvalue weighted by Crippen LogP contribution is -2.22. The summed E-state index contributed by atoms with van der Waals surface area (Å²) in [4.78, 5) is 19.6. The Labute approximate surface area is 100 Å². The third-order valence-corrected chi connectivity index (χ3v) is 2.90. The van der Waals surface area contributed by atoms with E-state index < -0.39 is 38.2 Å². The third kappa shape index (κ3) is 3.66. The maximum absolute atomic E-state index is 13.1. The number of sulfonamides is 1. The van der Waals surface area contributed by atoms with Gasteiger partial charge in [-0.05, 0) is 6.07 Å². The quantitative estimate of drug-likeness (QED) is 0.598. The van der Waals surface area contributed by atoms with E-state index >= 15 is 0 Å². The van der Waals surface area contributed by atoms with Crippen LogP contribution < -0.4 is 4.72 Å². The summed E-state index contributed by atoms with van der Waals surface area (Å²) >= 11 is 0. The molecule has 18 heavy (non-hydrogen) atoms. The van der Waals surface area contributed by atoms with Crippen molar-refractivity contribution < 1.29 is 27.6 Å². The molecule has 0 amide bonds. The third-order valence-electron chi connectivity index (χ3n) is 1.73. The van der Waals surface area contributed by atoms with E-state index in [0.29, 0.717) is 6.07 Å². The van der Waals surface area contributed by atoms with Crippen molar-refractivity contribution in [2.24, 2.45) is 0 Å². The normalized spacial score (nSPS) is 10.9. The Kier molecular flexibility index (Phi) is 3.81. The zero-order chi connectivity index (χ0) is 13.9. The molecule has 0 spiro atoms. The highest BCUT2D eigenvalue weighted by Gasteiger charge is 2.18. The fraction of sp³-hybridized carbons (Fsp3) is 0.125. The number of aliphatic carboxylic acids is 1. The van der Waals surface area contributed by atoms with Crippen molar-refractivity contribution in [1.82, 2.24) is 0 Å². The first-order chi connectivity index (χ1) is 8.21. The molecule has 1 aromatic carbocycles. The Morgan fingerprint density at radius 2 is 2.11 bits per heavy atom. The summed E-state index contributed by atoms with van der Waals surface area (Å²) in [6.45, 7) is 0. The number of nitro groups is 1. The van der Waals surface area contributed by atoms with E-state index in [1.165, 1.54) is 0 Å². The van der Waals surface area contributed by atoms with Gasteiger partial charge in [0.1, 0.15) is 0 Å². The van der Waals surface area contributed by atoms with Crippen LogP contribution in [0.3, 0.4) is 0 Å². The molecule has 0 fully saturated rings. The molecule has 0 saturated heterocycles. The molecule has 0 heterocycles. The van der Waals surface area contributed by atoms with Crippen molar-refractivity contribution in [3.8, 4) is 0 Å². The number of rotatable bonds is 5. The minimum atomic E-state index is -4.17. The monoisotopic (exact) mass is 278 g/mol. The second kappa shape index (κ2) is 4.96. The second-order valence-corrected chi connectivity index (χ2v) is 4.90. The zero-order valence-electron chi connectivity index (χ0n) is 8.66. The average molecular weight is 278 g/mol. The van der Waals surface area contributed by atoms with Crippen LogP contribution in [0.5, 0.6) is 0 Å². The van der Waals surface area contributed by atoms with Gasteiger partial charge in [-0.15, -0.1) is 0 Å². The van der Waals surface area contributed by atoms with Gasteiger partial charge >= 0.3 is 11.7 Å². The van der Waals surface area contributed by atoms with Crippen LogP contribution in [0, 0.1) is 15.9 Å². The molecule has 0 bridgehead atoms. The predicted octanol–water partition coefficient (Wildman–Crippen LogP) is 0.560. The molecular weight excluding hydrogens is 271 g/mol. The molecule has 1 aromatic rings.